The van der Waals surface area contributed by atoms with E-state index < -0.39 is 22.7 Å². The van der Waals surface area contributed by atoms with Gasteiger partial charge in [0.05, 0.1) is 22.4 Å². The summed E-state index contributed by atoms with van der Waals surface area (Å²) in [6, 6.07) is 17.9. The smallest absolute Gasteiger partial charge is 0.433 e. The van der Waals surface area contributed by atoms with Gasteiger partial charge in [-0.05, 0) is 60.7 Å². The van der Waals surface area contributed by atoms with Crippen molar-refractivity contribution in [3.63, 3.8) is 0 Å². The van der Waals surface area contributed by atoms with Gasteiger partial charge >= 0.3 is 6.18 Å². The Bertz CT molecular complexity index is 1870. The van der Waals surface area contributed by atoms with E-state index in [1.165, 1.54) is 17.7 Å². The lowest BCUT2D eigenvalue weighted by Crippen LogP contribution is -2.16. The first kappa shape index (κ1) is 27.4. The van der Waals surface area contributed by atoms with E-state index in [0.29, 0.717) is 15.8 Å². The molecular formula is C29H19BrF3N5O4. The van der Waals surface area contributed by atoms with Crippen LogP contribution in [0.15, 0.2) is 77.3 Å². The molecule has 0 fully saturated rings. The van der Waals surface area contributed by atoms with Crippen LogP contribution in [0.1, 0.15) is 33.7 Å². The number of halogens is 4. The number of benzene rings is 3. The fourth-order valence-electron chi connectivity index (χ4n) is 4.82. The van der Waals surface area contributed by atoms with E-state index >= 15 is 0 Å². The Labute approximate surface area is 244 Å². The second kappa shape index (κ2) is 10.6. The third-order valence-electron chi connectivity index (χ3n) is 6.76. The summed E-state index contributed by atoms with van der Waals surface area (Å²) in [7, 11) is 0. The van der Waals surface area contributed by atoms with E-state index in [9.17, 15) is 28.1 Å². The topological polar surface area (TPSA) is 112 Å². The molecule has 1 aliphatic rings. The van der Waals surface area contributed by atoms with E-state index in [1.807, 2.05) is 12.1 Å². The summed E-state index contributed by atoms with van der Waals surface area (Å²) >= 11 is 3.29. The molecule has 42 heavy (non-hydrogen) atoms. The number of nitro groups is 1. The third-order valence-corrected chi connectivity index (χ3v) is 7.28. The molecule has 0 unspecified atom stereocenters. The van der Waals surface area contributed by atoms with Gasteiger partial charge in [-0.25, -0.2) is 9.50 Å². The molecular weight excluding hydrogens is 619 g/mol. The van der Waals surface area contributed by atoms with Crippen LogP contribution in [0.2, 0.25) is 0 Å². The molecule has 0 aliphatic heterocycles. The lowest BCUT2D eigenvalue weighted by atomic mass is 10.1. The van der Waals surface area contributed by atoms with Gasteiger partial charge in [0.15, 0.2) is 17.0 Å². The second-order valence-electron chi connectivity index (χ2n) is 9.64. The average molecular weight is 638 g/mol. The molecule has 6 rings (SSSR count). The van der Waals surface area contributed by atoms with E-state index in [2.05, 4.69) is 31.3 Å². The van der Waals surface area contributed by atoms with Crippen molar-refractivity contribution in [2.45, 2.75) is 25.4 Å². The highest BCUT2D eigenvalue weighted by molar-refractivity contribution is 9.10. The zero-order valence-corrected chi connectivity index (χ0v) is 23.1. The first-order valence-electron chi connectivity index (χ1n) is 12.7. The maximum absolute atomic E-state index is 14.0. The number of carbonyl (C=O) groups excluding carboxylic acids is 1. The number of fused-ring (bicyclic) bond motifs is 2. The van der Waals surface area contributed by atoms with Crippen LogP contribution < -0.4 is 10.1 Å². The zero-order valence-electron chi connectivity index (χ0n) is 21.5. The molecule has 2 aromatic heterocycles. The molecule has 0 radical (unpaired) electrons. The van der Waals surface area contributed by atoms with Crippen molar-refractivity contribution in [3.8, 4) is 22.8 Å². The Morgan fingerprint density at radius 1 is 0.976 bits per heavy atom. The number of aromatic nitrogens is 3. The maximum atomic E-state index is 14.0. The molecule has 0 saturated heterocycles. The number of amides is 1. The van der Waals surface area contributed by atoms with Gasteiger partial charge < -0.3 is 10.1 Å². The van der Waals surface area contributed by atoms with Crippen molar-refractivity contribution >= 4 is 38.9 Å². The molecule has 2 heterocycles. The fraction of sp³-hybridized carbons (Fsp3) is 0.138. The highest BCUT2D eigenvalue weighted by Gasteiger charge is 2.35. The standard InChI is InChI=1S/C29H19BrF3N5O4/c30-19-7-4-17(5-8-19)24-14-26(29(31,32)33)37-27(35-24)15-25(36-37)28(39)34-20-11-21(38(40)41)13-23(12-20)42-22-9-6-16-2-1-3-18(16)10-22/h4-15H,1-3H2,(H,34,39). The first-order chi connectivity index (χ1) is 20.0. The average Bonchev–Trinajstić information content (AvgIpc) is 3.59. The van der Waals surface area contributed by atoms with Crippen LogP contribution in [0.4, 0.5) is 24.5 Å². The largest absolute Gasteiger partial charge is 0.457 e. The summed E-state index contributed by atoms with van der Waals surface area (Å²) < 4.78 is 49.1. The number of anilines is 1. The lowest BCUT2D eigenvalue weighted by Gasteiger charge is -2.11. The quantitative estimate of drug-likeness (QED) is 0.151. The number of ether oxygens (including phenoxy) is 1. The number of nitrogens with one attached hydrogen (secondary N) is 1. The van der Waals surface area contributed by atoms with Crippen LogP contribution in [0, 0.1) is 10.1 Å². The molecule has 0 bridgehead atoms. The van der Waals surface area contributed by atoms with Gasteiger partial charge in [-0.1, -0.05) is 34.1 Å². The molecule has 9 nitrogen and oxygen atoms in total. The van der Waals surface area contributed by atoms with Crippen LogP contribution in [-0.4, -0.2) is 25.4 Å². The highest BCUT2D eigenvalue weighted by atomic mass is 79.9. The van der Waals surface area contributed by atoms with Crippen LogP contribution in [0.5, 0.6) is 11.5 Å². The van der Waals surface area contributed by atoms with Gasteiger partial charge in [0.1, 0.15) is 11.5 Å². The van der Waals surface area contributed by atoms with Crippen molar-refractivity contribution < 1.29 is 27.6 Å². The van der Waals surface area contributed by atoms with Crippen LogP contribution in [-0.2, 0) is 19.0 Å². The normalized spacial score (nSPS) is 12.8. The van der Waals surface area contributed by atoms with E-state index in [-0.39, 0.29) is 34.2 Å². The zero-order chi connectivity index (χ0) is 29.6. The first-order valence-corrected chi connectivity index (χ1v) is 13.5. The Balaban J connectivity index is 1.32. The minimum atomic E-state index is -4.80. The van der Waals surface area contributed by atoms with Crippen LogP contribution >= 0.6 is 15.9 Å². The number of rotatable bonds is 6. The summed E-state index contributed by atoms with van der Waals surface area (Å²) in [6.07, 6.45) is -1.86. The summed E-state index contributed by atoms with van der Waals surface area (Å²) in [5.74, 6) is -0.295. The summed E-state index contributed by atoms with van der Waals surface area (Å²) in [5.41, 5.74) is 0.821. The Kier molecular flexibility index (Phi) is 6.89. The number of non-ortho nitro benzene ring substituents is 1. The van der Waals surface area contributed by atoms with Gasteiger partial charge in [0, 0.05) is 28.2 Å². The molecule has 0 saturated carbocycles. The molecule has 0 atom stereocenters. The number of alkyl halides is 3. The monoisotopic (exact) mass is 637 g/mol. The van der Waals surface area contributed by atoms with Gasteiger partial charge in [-0.3, -0.25) is 14.9 Å². The fourth-order valence-corrected chi connectivity index (χ4v) is 5.08. The Hall–Kier alpha value is -4.78. The van der Waals surface area contributed by atoms with Crippen molar-refractivity contribution in [1.82, 2.24) is 14.6 Å². The molecule has 5 aromatic rings. The maximum Gasteiger partial charge on any atom is 0.433 e. The Morgan fingerprint density at radius 3 is 2.48 bits per heavy atom. The molecule has 1 aliphatic carbocycles. The lowest BCUT2D eigenvalue weighted by molar-refractivity contribution is -0.384. The molecule has 1 N–H and O–H groups in total. The van der Waals surface area contributed by atoms with Crippen molar-refractivity contribution in [3.05, 3.63) is 110 Å². The summed E-state index contributed by atoms with van der Waals surface area (Å²) in [6.45, 7) is 0. The predicted molar refractivity (Wildman–Crippen MR) is 151 cm³/mol. The van der Waals surface area contributed by atoms with Gasteiger partial charge in [0.2, 0.25) is 0 Å². The van der Waals surface area contributed by atoms with E-state index in [4.69, 9.17) is 4.74 Å². The minimum absolute atomic E-state index is 0.00183. The van der Waals surface area contributed by atoms with Gasteiger partial charge in [-0.15, -0.1) is 0 Å². The molecule has 13 heteroatoms. The second-order valence-corrected chi connectivity index (χ2v) is 10.6. The van der Waals surface area contributed by atoms with Gasteiger partial charge in [-0.2, -0.15) is 18.3 Å². The number of aryl methyl sites for hydroxylation is 2. The van der Waals surface area contributed by atoms with E-state index in [0.717, 1.165) is 47.5 Å². The van der Waals surface area contributed by atoms with Crippen molar-refractivity contribution in [2.24, 2.45) is 0 Å². The number of nitrogens with zero attached hydrogens (tertiary/aromatic N) is 4. The Morgan fingerprint density at radius 2 is 1.74 bits per heavy atom. The highest BCUT2D eigenvalue weighted by Crippen LogP contribution is 2.34. The minimum Gasteiger partial charge on any atom is -0.457 e. The summed E-state index contributed by atoms with van der Waals surface area (Å²) in [4.78, 5) is 28.3. The van der Waals surface area contributed by atoms with Crippen molar-refractivity contribution in [2.75, 3.05) is 5.32 Å². The van der Waals surface area contributed by atoms with E-state index in [1.54, 1.807) is 30.3 Å². The molecule has 212 valence electrons. The van der Waals surface area contributed by atoms with Crippen LogP contribution in [0.3, 0.4) is 0 Å². The molecule has 0 spiro atoms. The predicted octanol–water partition coefficient (Wildman–Crippen LogP) is 7.62. The number of hydrogen-bond donors (Lipinski definition) is 1. The van der Waals surface area contributed by atoms with Gasteiger partial charge in [0.25, 0.3) is 11.6 Å². The summed E-state index contributed by atoms with van der Waals surface area (Å²) in [5, 5.41) is 17.9. The van der Waals surface area contributed by atoms with Crippen LogP contribution in [0.25, 0.3) is 16.9 Å². The third kappa shape index (κ3) is 5.55. The van der Waals surface area contributed by atoms with Crippen molar-refractivity contribution in [1.29, 1.82) is 0 Å². The number of carbonyl (C=O) groups is 1. The SMILES string of the molecule is O=C(Nc1cc(Oc2ccc3c(c2)CCC3)cc([N+](=O)[O-])c1)c1cc2nc(-c3ccc(Br)cc3)cc(C(F)(F)F)n2n1. The molecule has 1 amide bonds. The number of hydrogen-bond acceptors (Lipinski definition) is 6. The molecule has 3 aromatic carbocycles. The number of nitro benzene ring substituents is 1.